The summed E-state index contributed by atoms with van der Waals surface area (Å²) in [6.07, 6.45) is -4.70. The zero-order valence-corrected chi connectivity index (χ0v) is 11.9. The van der Waals surface area contributed by atoms with E-state index >= 15 is 0 Å². The van der Waals surface area contributed by atoms with Gasteiger partial charge in [-0.05, 0) is 18.2 Å². The van der Waals surface area contributed by atoms with Gasteiger partial charge in [0.2, 0.25) is 0 Å². The summed E-state index contributed by atoms with van der Waals surface area (Å²) in [5, 5.41) is 0. The van der Waals surface area contributed by atoms with Crippen LogP contribution in [0, 0.1) is 0 Å². The number of nitrogens with two attached hydrogens (primary N) is 1. The van der Waals surface area contributed by atoms with Crippen LogP contribution in [0.5, 0.6) is 0 Å². The van der Waals surface area contributed by atoms with Crippen molar-refractivity contribution >= 4 is 33.1 Å². The molecule has 0 amide bonds. The smallest absolute Gasteiger partial charge is 0.389 e. The largest absolute Gasteiger partial charge is 0.417 e. The third-order valence-electron chi connectivity index (χ3n) is 2.18. The third kappa shape index (κ3) is 4.32. The average molecular weight is 327 g/mol. The summed E-state index contributed by atoms with van der Waals surface area (Å²) in [7, 11) is -3.91. The lowest BCUT2D eigenvalue weighted by Gasteiger charge is -2.14. The molecule has 0 aromatic heterocycles. The van der Waals surface area contributed by atoms with Crippen LogP contribution < -0.4 is 15.2 Å². The molecule has 5 nitrogen and oxygen atoms in total. The predicted molar refractivity (Wildman–Crippen MR) is 73.6 cm³/mol. The Morgan fingerprint density at radius 2 is 2.00 bits per heavy atom. The minimum atomic E-state index is -4.70. The Morgan fingerprint density at radius 1 is 1.40 bits per heavy atom. The molecule has 0 saturated heterocycles. The molecular weight excluding hydrogens is 315 g/mol. The number of halogens is 3. The zero-order chi connectivity index (χ0) is 15.6. The SMILES string of the molecule is CCNS(=O)(=O)Nc1ccc(C(N)=S)c(C(F)(F)F)c1. The van der Waals surface area contributed by atoms with Gasteiger partial charge in [-0.3, -0.25) is 4.72 Å². The van der Waals surface area contributed by atoms with Crippen molar-refractivity contribution in [3.63, 3.8) is 0 Å². The van der Waals surface area contributed by atoms with Crippen molar-refractivity contribution in [3.05, 3.63) is 29.3 Å². The molecule has 0 fully saturated rings. The summed E-state index contributed by atoms with van der Waals surface area (Å²) < 4.78 is 65.5. The Labute approximate surface area is 119 Å². The molecule has 0 unspecified atom stereocenters. The highest BCUT2D eigenvalue weighted by atomic mass is 32.2. The quantitative estimate of drug-likeness (QED) is 0.717. The van der Waals surface area contributed by atoms with E-state index in [2.05, 4.69) is 16.9 Å². The standard InChI is InChI=1S/C10H12F3N3O2S2/c1-2-15-20(17,18)16-6-3-4-7(9(14)19)8(5-6)10(11,12)13/h3-5,15-16H,2H2,1H3,(H2,14,19). The summed E-state index contributed by atoms with van der Waals surface area (Å²) in [5.41, 5.74) is 3.52. The van der Waals surface area contributed by atoms with Gasteiger partial charge in [0.1, 0.15) is 4.99 Å². The van der Waals surface area contributed by atoms with Crippen LogP contribution in [-0.4, -0.2) is 20.0 Å². The van der Waals surface area contributed by atoms with Crippen LogP contribution >= 0.6 is 12.2 Å². The Morgan fingerprint density at radius 3 is 2.45 bits per heavy atom. The summed E-state index contributed by atoms with van der Waals surface area (Å²) in [4.78, 5) is -0.418. The van der Waals surface area contributed by atoms with E-state index in [1.54, 1.807) is 0 Å². The molecule has 0 spiro atoms. The lowest BCUT2D eigenvalue weighted by atomic mass is 10.1. The fourth-order valence-electron chi connectivity index (χ4n) is 1.44. The Balaban J connectivity index is 3.24. The van der Waals surface area contributed by atoms with E-state index in [4.69, 9.17) is 5.73 Å². The predicted octanol–water partition coefficient (Wildman–Crippen LogP) is 1.61. The lowest BCUT2D eigenvalue weighted by Crippen LogP contribution is -2.30. The van der Waals surface area contributed by atoms with E-state index in [1.807, 2.05) is 4.72 Å². The lowest BCUT2D eigenvalue weighted by molar-refractivity contribution is -0.137. The van der Waals surface area contributed by atoms with Crippen LogP contribution in [-0.2, 0) is 16.4 Å². The van der Waals surface area contributed by atoms with Crippen molar-refractivity contribution in [1.82, 2.24) is 4.72 Å². The van der Waals surface area contributed by atoms with Gasteiger partial charge in [-0.15, -0.1) is 0 Å². The topological polar surface area (TPSA) is 84.2 Å². The van der Waals surface area contributed by atoms with Crippen LogP contribution in [0.25, 0.3) is 0 Å². The molecule has 1 aromatic carbocycles. The monoisotopic (exact) mass is 327 g/mol. The first-order valence-electron chi connectivity index (χ1n) is 5.35. The molecule has 20 heavy (non-hydrogen) atoms. The molecular formula is C10H12F3N3O2S2. The van der Waals surface area contributed by atoms with Gasteiger partial charge in [-0.2, -0.15) is 26.3 Å². The normalized spacial score (nSPS) is 12.2. The molecule has 0 radical (unpaired) electrons. The van der Waals surface area contributed by atoms with Gasteiger partial charge in [0.15, 0.2) is 0 Å². The zero-order valence-electron chi connectivity index (χ0n) is 10.3. The first-order valence-corrected chi connectivity index (χ1v) is 7.24. The van der Waals surface area contributed by atoms with E-state index < -0.39 is 26.9 Å². The number of rotatable bonds is 5. The summed E-state index contributed by atoms with van der Waals surface area (Å²) >= 11 is 4.54. The maximum Gasteiger partial charge on any atom is 0.417 e. The highest BCUT2D eigenvalue weighted by Gasteiger charge is 2.34. The first-order chi connectivity index (χ1) is 9.07. The molecule has 0 atom stereocenters. The second-order valence-electron chi connectivity index (χ2n) is 3.73. The van der Waals surface area contributed by atoms with Crippen molar-refractivity contribution < 1.29 is 21.6 Å². The van der Waals surface area contributed by atoms with Gasteiger partial charge in [0.25, 0.3) is 10.2 Å². The minimum absolute atomic E-state index is 0.104. The van der Waals surface area contributed by atoms with Gasteiger partial charge in [0, 0.05) is 12.1 Å². The number of anilines is 1. The Kier molecular flexibility index (Phi) is 4.95. The molecule has 112 valence electrons. The van der Waals surface area contributed by atoms with Crippen LogP contribution in [0.2, 0.25) is 0 Å². The van der Waals surface area contributed by atoms with E-state index in [-0.39, 0.29) is 17.8 Å². The number of thiocarbonyl (C=S) groups is 1. The van der Waals surface area contributed by atoms with Crippen molar-refractivity contribution in [2.75, 3.05) is 11.3 Å². The highest BCUT2D eigenvalue weighted by molar-refractivity contribution is 7.90. The minimum Gasteiger partial charge on any atom is -0.389 e. The summed E-state index contributed by atoms with van der Waals surface area (Å²) in [6, 6.07) is 2.82. The molecule has 4 N–H and O–H groups in total. The summed E-state index contributed by atoms with van der Waals surface area (Å²) in [5.74, 6) is 0. The van der Waals surface area contributed by atoms with Gasteiger partial charge in [-0.1, -0.05) is 19.1 Å². The van der Waals surface area contributed by atoms with Gasteiger partial charge in [-0.25, -0.2) is 0 Å². The van der Waals surface area contributed by atoms with E-state index in [1.165, 1.54) is 6.92 Å². The fraction of sp³-hybridized carbons (Fsp3) is 0.300. The second-order valence-corrected chi connectivity index (χ2v) is 5.67. The third-order valence-corrected chi connectivity index (χ3v) is 3.57. The molecule has 0 aliphatic carbocycles. The van der Waals surface area contributed by atoms with Gasteiger partial charge >= 0.3 is 6.18 Å². The molecule has 0 aliphatic heterocycles. The van der Waals surface area contributed by atoms with Crippen molar-refractivity contribution in [2.24, 2.45) is 5.73 Å². The van der Waals surface area contributed by atoms with E-state index in [9.17, 15) is 21.6 Å². The molecule has 1 rings (SSSR count). The van der Waals surface area contributed by atoms with Crippen molar-refractivity contribution in [3.8, 4) is 0 Å². The maximum atomic E-state index is 12.9. The Bertz CT molecular complexity index is 615. The van der Waals surface area contributed by atoms with Crippen LogP contribution in [0.3, 0.4) is 0 Å². The molecule has 0 aliphatic rings. The maximum absolute atomic E-state index is 12.9. The molecule has 0 heterocycles. The first kappa shape index (κ1) is 16.7. The molecule has 0 saturated carbocycles. The van der Waals surface area contributed by atoms with E-state index in [0.717, 1.165) is 12.1 Å². The Hall–Kier alpha value is -1.39. The van der Waals surface area contributed by atoms with Gasteiger partial charge < -0.3 is 5.73 Å². The summed E-state index contributed by atoms with van der Waals surface area (Å²) in [6.45, 7) is 1.64. The number of nitrogens with one attached hydrogen (secondary N) is 2. The van der Waals surface area contributed by atoms with E-state index in [0.29, 0.717) is 6.07 Å². The number of alkyl halides is 3. The fourth-order valence-corrected chi connectivity index (χ4v) is 2.51. The highest BCUT2D eigenvalue weighted by Crippen LogP contribution is 2.34. The van der Waals surface area contributed by atoms with Gasteiger partial charge in [0.05, 0.1) is 11.3 Å². The average Bonchev–Trinajstić information content (AvgIpc) is 2.26. The number of hydrogen-bond donors (Lipinski definition) is 3. The van der Waals surface area contributed by atoms with Crippen LogP contribution in [0.4, 0.5) is 18.9 Å². The second kappa shape index (κ2) is 5.94. The van der Waals surface area contributed by atoms with Crippen LogP contribution in [0.1, 0.15) is 18.1 Å². The molecule has 1 aromatic rings. The number of hydrogen-bond acceptors (Lipinski definition) is 3. The number of benzene rings is 1. The molecule has 10 heteroatoms. The molecule has 0 bridgehead atoms. The van der Waals surface area contributed by atoms with Crippen molar-refractivity contribution in [2.45, 2.75) is 13.1 Å². The van der Waals surface area contributed by atoms with Crippen molar-refractivity contribution in [1.29, 1.82) is 0 Å². The van der Waals surface area contributed by atoms with Crippen LogP contribution in [0.15, 0.2) is 18.2 Å².